The molecule has 7 nitrogen and oxygen atoms in total. The molecule has 9 heteroatoms. The smallest absolute Gasteiger partial charge is 0.269 e. The Kier molecular flexibility index (Phi) is 9.95. The van der Waals surface area contributed by atoms with E-state index in [0.717, 1.165) is 31.4 Å². The Morgan fingerprint density at radius 2 is 1.93 bits per heavy atom. The zero-order valence-electron chi connectivity index (χ0n) is 16.6. The quantitative estimate of drug-likeness (QED) is 0.185. The number of hydrogen-bond acceptors (Lipinski definition) is 4. The lowest BCUT2D eigenvalue weighted by molar-refractivity contribution is -0.384. The van der Waals surface area contributed by atoms with E-state index in [4.69, 9.17) is 4.74 Å². The van der Waals surface area contributed by atoms with Gasteiger partial charge in [0.15, 0.2) is 5.96 Å². The molecule has 0 aliphatic carbocycles. The number of nitro benzene ring substituents is 1. The first kappa shape index (κ1) is 24.0. The van der Waals surface area contributed by atoms with Gasteiger partial charge in [0.05, 0.1) is 17.6 Å². The second-order valence-corrected chi connectivity index (χ2v) is 6.90. The molecule has 0 aromatic heterocycles. The van der Waals surface area contributed by atoms with Gasteiger partial charge in [-0.25, -0.2) is 9.38 Å². The van der Waals surface area contributed by atoms with E-state index in [9.17, 15) is 14.5 Å². The molecule has 1 aliphatic rings. The monoisotopic (exact) mass is 528 g/mol. The predicted octanol–water partition coefficient (Wildman–Crippen LogP) is 4.16. The van der Waals surface area contributed by atoms with Crippen LogP contribution in [0, 0.1) is 15.9 Å². The van der Waals surface area contributed by atoms with Crippen molar-refractivity contribution in [1.29, 1.82) is 0 Å². The highest BCUT2D eigenvalue weighted by Crippen LogP contribution is 2.13. The van der Waals surface area contributed by atoms with E-state index in [1.807, 2.05) is 0 Å². The number of aliphatic imine (C=N–C) groups is 1. The van der Waals surface area contributed by atoms with Crippen molar-refractivity contribution in [2.75, 3.05) is 13.2 Å². The maximum absolute atomic E-state index is 13.9. The second-order valence-electron chi connectivity index (χ2n) is 6.90. The molecule has 0 saturated carbocycles. The summed E-state index contributed by atoms with van der Waals surface area (Å²) in [5.74, 6) is 0.270. The fourth-order valence-electron chi connectivity index (χ4n) is 3.07. The number of benzene rings is 2. The molecule has 0 radical (unpaired) electrons. The molecule has 1 atom stereocenters. The van der Waals surface area contributed by atoms with Crippen LogP contribution in [-0.4, -0.2) is 30.1 Å². The summed E-state index contributed by atoms with van der Waals surface area (Å²) in [6, 6.07) is 12.9. The summed E-state index contributed by atoms with van der Waals surface area (Å²) in [7, 11) is 0. The first-order chi connectivity index (χ1) is 14.1. The Morgan fingerprint density at radius 3 is 2.60 bits per heavy atom. The van der Waals surface area contributed by atoms with Crippen LogP contribution < -0.4 is 10.6 Å². The molecule has 1 heterocycles. The molecule has 0 bridgehead atoms. The van der Waals surface area contributed by atoms with Gasteiger partial charge in [0, 0.05) is 37.4 Å². The van der Waals surface area contributed by atoms with E-state index < -0.39 is 4.92 Å². The molecule has 162 valence electrons. The van der Waals surface area contributed by atoms with E-state index in [-0.39, 0.29) is 41.6 Å². The highest BCUT2D eigenvalue weighted by molar-refractivity contribution is 14.0. The van der Waals surface area contributed by atoms with Gasteiger partial charge >= 0.3 is 0 Å². The lowest BCUT2D eigenvalue weighted by Crippen LogP contribution is -2.42. The van der Waals surface area contributed by atoms with Crippen LogP contribution in [-0.2, 0) is 17.8 Å². The number of guanidine groups is 1. The normalized spacial score (nSPS) is 16.4. The fraction of sp³-hybridized carbons (Fsp3) is 0.381. The van der Waals surface area contributed by atoms with Gasteiger partial charge in [0.2, 0.25) is 0 Å². The van der Waals surface area contributed by atoms with Crippen LogP contribution in [0.1, 0.15) is 30.4 Å². The number of rotatable bonds is 7. The minimum atomic E-state index is -0.430. The Bertz CT molecular complexity index is 842. The summed E-state index contributed by atoms with van der Waals surface area (Å²) in [6.07, 6.45) is 3.35. The molecule has 2 N–H and O–H groups in total. The minimum Gasteiger partial charge on any atom is -0.376 e. The third-order valence-corrected chi connectivity index (χ3v) is 4.74. The molecular weight excluding hydrogens is 502 g/mol. The lowest BCUT2D eigenvalue weighted by Gasteiger charge is -2.24. The van der Waals surface area contributed by atoms with E-state index >= 15 is 0 Å². The summed E-state index contributed by atoms with van der Waals surface area (Å²) in [5, 5.41) is 17.2. The number of nitrogens with zero attached hydrogens (tertiary/aromatic N) is 2. The maximum atomic E-state index is 13.9. The van der Waals surface area contributed by atoms with Gasteiger partial charge in [-0.3, -0.25) is 10.1 Å². The Hall–Kier alpha value is -2.27. The summed E-state index contributed by atoms with van der Waals surface area (Å²) in [4.78, 5) is 14.9. The average molecular weight is 528 g/mol. The zero-order chi connectivity index (χ0) is 20.5. The number of nitrogens with one attached hydrogen (secondary N) is 2. The van der Waals surface area contributed by atoms with Crippen molar-refractivity contribution in [3.63, 3.8) is 0 Å². The van der Waals surface area contributed by atoms with Crippen LogP contribution in [0.5, 0.6) is 0 Å². The summed E-state index contributed by atoms with van der Waals surface area (Å²) in [6.45, 7) is 2.02. The highest BCUT2D eigenvalue weighted by Gasteiger charge is 2.14. The molecule has 0 amide bonds. The highest BCUT2D eigenvalue weighted by atomic mass is 127. The Morgan fingerprint density at radius 1 is 1.17 bits per heavy atom. The molecule has 0 spiro atoms. The van der Waals surface area contributed by atoms with Crippen LogP contribution in [0.4, 0.5) is 10.1 Å². The van der Waals surface area contributed by atoms with Crippen molar-refractivity contribution in [3.8, 4) is 0 Å². The second kappa shape index (κ2) is 12.4. The summed E-state index contributed by atoms with van der Waals surface area (Å²) < 4.78 is 19.6. The van der Waals surface area contributed by atoms with Gasteiger partial charge in [-0.15, -0.1) is 24.0 Å². The third-order valence-electron chi connectivity index (χ3n) is 4.74. The van der Waals surface area contributed by atoms with Gasteiger partial charge in [-0.2, -0.15) is 0 Å². The van der Waals surface area contributed by atoms with E-state index in [1.54, 1.807) is 30.3 Å². The number of non-ortho nitro benzene ring substituents is 1. The average Bonchev–Trinajstić information content (AvgIpc) is 2.75. The van der Waals surface area contributed by atoms with Crippen LogP contribution in [0.15, 0.2) is 53.5 Å². The van der Waals surface area contributed by atoms with Gasteiger partial charge < -0.3 is 15.4 Å². The van der Waals surface area contributed by atoms with E-state index in [1.165, 1.54) is 18.2 Å². The Labute approximate surface area is 192 Å². The van der Waals surface area contributed by atoms with Gasteiger partial charge in [-0.05, 0) is 30.9 Å². The maximum Gasteiger partial charge on any atom is 0.269 e. The van der Waals surface area contributed by atoms with Gasteiger partial charge in [0.1, 0.15) is 5.82 Å². The molecule has 1 saturated heterocycles. The summed E-state index contributed by atoms with van der Waals surface area (Å²) in [5.41, 5.74) is 1.44. The molecular formula is C21H26FIN4O3. The van der Waals surface area contributed by atoms with Crippen molar-refractivity contribution in [2.45, 2.75) is 38.5 Å². The molecule has 3 rings (SSSR count). The van der Waals surface area contributed by atoms with E-state index in [0.29, 0.717) is 31.2 Å². The number of halogens is 2. The zero-order valence-corrected chi connectivity index (χ0v) is 18.9. The van der Waals surface area contributed by atoms with Crippen LogP contribution in [0.25, 0.3) is 0 Å². The fourth-order valence-corrected chi connectivity index (χ4v) is 3.07. The molecule has 30 heavy (non-hydrogen) atoms. The molecule has 1 fully saturated rings. The first-order valence-corrected chi connectivity index (χ1v) is 9.72. The number of ether oxygens (including phenoxy) is 1. The third kappa shape index (κ3) is 7.52. The van der Waals surface area contributed by atoms with Crippen molar-refractivity contribution in [1.82, 2.24) is 10.6 Å². The van der Waals surface area contributed by atoms with E-state index in [2.05, 4.69) is 15.6 Å². The predicted molar refractivity (Wildman–Crippen MR) is 124 cm³/mol. The van der Waals surface area contributed by atoms with Crippen molar-refractivity contribution in [3.05, 3.63) is 75.6 Å². The van der Waals surface area contributed by atoms with Crippen LogP contribution in [0.3, 0.4) is 0 Å². The molecule has 1 aliphatic heterocycles. The minimum absolute atomic E-state index is 0. The molecule has 1 unspecified atom stereocenters. The molecule has 2 aromatic carbocycles. The number of nitro groups is 1. The van der Waals surface area contributed by atoms with Crippen molar-refractivity contribution in [2.24, 2.45) is 4.99 Å². The SMILES string of the molecule is I.O=[N+]([O-])c1ccc(CN=C(NCc2ccccc2F)NCC2CCCCO2)cc1. The van der Waals surface area contributed by atoms with Gasteiger partial charge in [0.25, 0.3) is 5.69 Å². The topological polar surface area (TPSA) is 88.8 Å². The number of hydrogen-bond donors (Lipinski definition) is 2. The van der Waals surface area contributed by atoms with Crippen molar-refractivity contribution < 1.29 is 14.1 Å². The van der Waals surface area contributed by atoms with Crippen molar-refractivity contribution >= 4 is 35.6 Å². The van der Waals surface area contributed by atoms with Crippen LogP contribution in [0.2, 0.25) is 0 Å². The van der Waals surface area contributed by atoms with Gasteiger partial charge in [-0.1, -0.05) is 30.3 Å². The Balaban J connectivity index is 0.00000320. The molecule has 2 aromatic rings. The largest absolute Gasteiger partial charge is 0.376 e. The lowest BCUT2D eigenvalue weighted by atomic mass is 10.1. The summed E-state index contributed by atoms with van der Waals surface area (Å²) >= 11 is 0. The van der Waals surface area contributed by atoms with Crippen LogP contribution >= 0.6 is 24.0 Å². The first-order valence-electron chi connectivity index (χ1n) is 9.72. The standard InChI is InChI=1S/C21H25FN4O3.HI/c22-20-7-2-1-5-17(20)14-24-21(25-15-19-6-3-4-12-29-19)23-13-16-8-10-18(11-9-16)26(27)28;/h1-2,5,7-11,19H,3-4,6,12-15H2,(H2,23,24,25);1H.